The van der Waals surface area contributed by atoms with Gasteiger partial charge in [0.2, 0.25) is 0 Å². The number of carbonyl (C=O) groups excluding carboxylic acids is 2. The van der Waals surface area contributed by atoms with Gasteiger partial charge in [-0.15, -0.1) is 0 Å². The molecule has 2 heterocycles. The average Bonchev–Trinajstić information content (AvgIpc) is 2.72. The summed E-state index contributed by atoms with van der Waals surface area (Å²) in [6.45, 7) is 3.57. The van der Waals surface area contributed by atoms with Crippen LogP contribution in [0.5, 0.6) is 0 Å². The van der Waals surface area contributed by atoms with E-state index in [9.17, 15) is 9.59 Å². The number of allylic oxidation sites excluding steroid dienone is 1. The van der Waals surface area contributed by atoms with Crippen LogP contribution < -0.4 is 0 Å². The molecule has 4 nitrogen and oxygen atoms in total. The number of rotatable bonds is 1. The quantitative estimate of drug-likeness (QED) is 0.421. The lowest BCUT2D eigenvalue weighted by Crippen LogP contribution is -1.97. The monoisotopic (exact) mass is 231 g/mol. The van der Waals surface area contributed by atoms with Crippen molar-refractivity contribution in [2.45, 2.75) is 13.8 Å². The van der Waals surface area contributed by atoms with Crippen molar-refractivity contribution in [3.8, 4) is 0 Å². The zero-order chi connectivity index (χ0) is 12.6. The Bertz CT molecular complexity index is 557. The third-order valence-electron chi connectivity index (χ3n) is 2.54. The Labute approximate surface area is 99.2 Å². The molecule has 0 atom stereocenters. The maximum Gasteiger partial charge on any atom is 0.346 e. The second kappa shape index (κ2) is 4.05. The Morgan fingerprint density at radius 3 is 2.53 bits per heavy atom. The SMILES string of the molecule is CC(C)=C1C(=O)OC(=O)/C1=C\c1ccn(C)c1. The highest BCUT2D eigenvalue weighted by atomic mass is 16.6. The Morgan fingerprint density at radius 1 is 1.29 bits per heavy atom. The lowest BCUT2D eigenvalue weighted by Gasteiger charge is -1.96. The standard InChI is InChI=1S/C13H13NO3/c1-8(2)11-10(12(15)17-13(11)16)6-9-4-5-14(3)7-9/h4-7H,1-3H3/b10-6-. The number of hydrogen-bond donors (Lipinski definition) is 0. The highest BCUT2D eigenvalue weighted by Gasteiger charge is 2.34. The number of hydrogen-bond acceptors (Lipinski definition) is 3. The molecule has 2 rings (SSSR count). The maximum absolute atomic E-state index is 11.6. The van der Waals surface area contributed by atoms with Gasteiger partial charge in [-0.25, -0.2) is 9.59 Å². The molecule has 0 bridgehead atoms. The predicted molar refractivity (Wildman–Crippen MR) is 62.9 cm³/mol. The molecule has 4 heteroatoms. The third-order valence-corrected chi connectivity index (χ3v) is 2.54. The molecule has 0 spiro atoms. The van der Waals surface area contributed by atoms with E-state index in [0.717, 1.165) is 11.1 Å². The Kier molecular flexibility index (Phi) is 2.71. The lowest BCUT2D eigenvalue weighted by molar-refractivity contribution is -0.149. The van der Waals surface area contributed by atoms with E-state index in [1.807, 2.05) is 30.1 Å². The summed E-state index contributed by atoms with van der Waals surface area (Å²) in [5.74, 6) is -1.13. The van der Waals surface area contributed by atoms with Gasteiger partial charge in [0, 0.05) is 19.4 Å². The van der Waals surface area contributed by atoms with Gasteiger partial charge >= 0.3 is 11.9 Å². The van der Waals surface area contributed by atoms with E-state index in [1.165, 1.54) is 0 Å². The van der Waals surface area contributed by atoms with Crippen LogP contribution in [0.25, 0.3) is 6.08 Å². The second-order valence-electron chi connectivity index (χ2n) is 4.22. The minimum Gasteiger partial charge on any atom is -0.386 e. The Hall–Kier alpha value is -2.10. The third kappa shape index (κ3) is 2.06. The van der Waals surface area contributed by atoms with Gasteiger partial charge in [-0.1, -0.05) is 5.57 Å². The number of esters is 2. The first kappa shape index (κ1) is 11.4. The van der Waals surface area contributed by atoms with E-state index < -0.39 is 11.9 Å². The van der Waals surface area contributed by atoms with E-state index in [0.29, 0.717) is 11.1 Å². The Morgan fingerprint density at radius 2 is 2.00 bits per heavy atom. The molecule has 1 aliphatic heterocycles. The minimum atomic E-state index is -0.574. The van der Waals surface area contributed by atoms with E-state index in [2.05, 4.69) is 4.74 Å². The molecule has 0 amide bonds. The van der Waals surface area contributed by atoms with Crippen molar-refractivity contribution < 1.29 is 14.3 Å². The Balaban J connectivity index is 2.50. The largest absolute Gasteiger partial charge is 0.386 e. The number of ether oxygens (including phenoxy) is 1. The fourth-order valence-electron chi connectivity index (χ4n) is 1.78. The van der Waals surface area contributed by atoms with Crippen LogP contribution in [0.3, 0.4) is 0 Å². The fourth-order valence-corrected chi connectivity index (χ4v) is 1.78. The molecule has 0 N–H and O–H groups in total. The van der Waals surface area contributed by atoms with Crippen LogP contribution in [0.15, 0.2) is 35.2 Å². The summed E-state index contributed by atoms with van der Waals surface area (Å²) in [5.41, 5.74) is 2.36. The summed E-state index contributed by atoms with van der Waals surface area (Å²) in [7, 11) is 1.89. The molecule has 0 aliphatic carbocycles. The fraction of sp³-hybridized carbons (Fsp3) is 0.231. The van der Waals surface area contributed by atoms with Gasteiger partial charge in [0.25, 0.3) is 0 Å². The number of cyclic esters (lactones) is 2. The number of aryl methyl sites for hydroxylation is 1. The summed E-state index contributed by atoms with van der Waals surface area (Å²) in [6.07, 6.45) is 5.41. The van der Waals surface area contributed by atoms with Gasteiger partial charge in [0.05, 0.1) is 11.1 Å². The van der Waals surface area contributed by atoms with E-state index >= 15 is 0 Å². The van der Waals surface area contributed by atoms with Gasteiger partial charge in [0.15, 0.2) is 0 Å². The molecular weight excluding hydrogens is 218 g/mol. The van der Waals surface area contributed by atoms with Crippen LogP contribution in [0.4, 0.5) is 0 Å². The molecule has 1 fully saturated rings. The van der Waals surface area contributed by atoms with Gasteiger partial charge in [-0.3, -0.25) is 0 Å². The lowest BCUT2D eigenvalue weighted by atomic mass is 10.0. The first-order valence-corrected chi connectivity index (χ1v) is 5.27. The summed E-state index contributed by atoms with van der Waals surface area (Å²) < 4.78 is 6.49. The van der Waals surface area contributed by atoms with Crippen molar-refractivity contribution in [1.82, 2.24) is 4.57 Å². The van der Waals surface area contributed by atoms with Crippen molar-refractivity contribution in [3.63, 3.8) is 0 Å². The van der Waals surface area contributed by atoms with Gasteiger partial charge in [-0.2, -0.15) is 0 Å². The summed E-state index contributed by atoms with van der Waals surface area (Å²) in [5, 5.41) is 0. The van der Waals surface area contributed by atoms with Crippen LogP contribution in [-0.4, -0.2) is 16.5 Å². The van der Waals surface area contributed by atoms with E-state index in [4.69, 9.17) is 0 Å². The first-order chi connectivity index (χ1) is 7.99. The summed E-state index contributed by atoms with van der Waals surface area (Å²) in [4.78, 5) is 23.0. The first-order valence-electron chi connectivity index (χ1n) is 5.27. The van der Waals surface area contributed by atoms with Crippen LogP contribution in [0.1, 0.15) is 19.4 Å². The molecule has 0 aromatic carbocycles. The van der Waals surface area contributed by atoms with Crippen molar-refractivity contribution in [1.29, 1.82) is 0 Å². The van der Waals surface area contributed by atoms with Crippen LogP contribution in [0.2, 0.25) is 0 Å². The number of carbonyl (C=O) groups is 2. The number of aromatic nitrogens is 1. The van der Waals surface area contributed by atoms with Crippen molar-refractivity contribution in [3.05, 3.63) is 40.7 Å². The van der Waals surface area contributed by atoms with Crippen LogP contribution in [-0.2, 0) is 21.4 Å². The van der Waals surface area contributed by atoms with E-state index in [1.54, 1.807) is 19.9 Å². The van der Waals surface area contributed by atoms with Crippen molar-refractivity contribution >= 4 is 18.0 Å². The number of nitrogens with zero attached hydrogens (tertiary/aromatic N) is 1. The van der Waals surface area contributed by atoms with Gasteiger partial charge in [-0.05, 0) is 31.6 Å². The second-order valence-corrected chi connectivity index (χ2v) is 4.22. The smallest absolute Gasteiger partial charge is 0.346 e. The maximum atomic E-state index is 11.6. The van der Waals surface area contributed by atoms with Gasteiger partial charge in [0.1, 0.15) is 0 Å². The highest BCUT2D eigenvalue weighted by Crippen LogP contribution is 2.27. The molecule has 1 aromatic rings. The molecule has 88 valence electrons. The molecule has 0 saturated carbocycles. The summed E-state index contributed by atoms with van der Waals surface area (Å²) in [6, 6.07) is 1.87. The highest BCUT2D eigenvalue weighted by molar-refractivity contribution is 6.20. The van der Waals surface area contributed by atoms with Crippen molar-refractivity contribution in [2.75, 3.05) is 0 Å². The predicted octanol–water partition coefficient (Wildman–Crippen LogP) is 1.83. The molecule has 1 saturated heterocycles. The molecule has 0 radical (unpaired) electrons. The minimum absolute atomic E-state index is 0.334. The molecule has 1 aliphatic rings. The molecule has 0 unspecified atom stereocenters. The molecule has 1 aromatic heterocycles. The zero-order valence-corrected chi connectivity index (χ0v) is 9.98. The summed E-state index contributed by atoms with van der Waals surface area (Å²) >= 11 is 0. The average molecular weight is 231 g/mol. The van der Waals surface area contributed by atoms with Crippen LogP contribution >= 0.6 is 0 Å². The topological polar surface area (TPSA) is 48.3 Å². The molecule has 17 heavy (non-hydrogen) atoms. The van der Waals surface area contributed by atoms with E-state index in [-0.39, 0.29) is 0 Å². The normalized spacial score (nSPS) is 17.8. The zero-order valence-electron chi connectivity index (χ0n) is 9.98. The van der Waals surface area contributed by atoms with Gasteiger partial charge < -0.3 is 9.30 Å². The van der Waals surface area contributed by atoms with Crippen LogP contribution in [0, 0.1) is 0 Å². The molecular formula is C13H13NO3. The van der Waals surface area contributed by atoms with Crippen molar-refractivity contribution in [2.24, 2.45) is 7.05 Å².